The maximum absolute atomic E-state index is 12.3. The van der Waals surface area contributed by atoms with Gasteiger partial charge in [0, 0.05) is 12.4 Å². The highest BCUT2D eigenvalue weighted by Gasteiger charge is 2.44. The minimum atomic E-state index is -1.49. The molecule has 4 rings (SSSR count). The monoisotopic (exact) mass is 512 g/mol. The van der Waals surface area contributed by atoms with Gasteiger partial charge in [0.05, 0.1) is 13.2 Å². The molecule has 17 nitrogen and oxygen atoms in total. The molecule has 2 saturated heterocycles. The van der Waals surface area contributed by atoms with Crippen molar-refractivity contribution in [3.8, 4) is 0 Å². The number of nitrogens with one attached hydrogen (secondary N) is 2. The van der Waals surface area contributed by atoms with Crippen LogP contribution < -0.4 is 22.0 Å². The van der Waals surface area contributed by atoms with Crippen molar-refractivity contribution >= 4 is 17.7 Å². The summed E-state index contributed by atoms with van der Waals surface area (Å²) in [5.74, 6) is -0.388. The Morgan fingerprint density at radius 1 is 0.778 bits per heavy atom. The summed E-state index contributed by atoms with van der Waals surface area (Å²) in [5.41, 5.74) is -1.86. The normalized spacial score (nSPS) is 31.9. The Morgan fingerprint density at radius 2 is 1.17 bits per heavy atom. The summed E-state index contributed by atoms with van der Waals surface area (Å²) in [7, 11) is 0. The van der Waals surface area contributed by atoms with Crippen molar-refractivity contribution in [3.63, 3.8) is 0 Å². The summed E-state index contributed by atoms with van der Waals surface area (Å²) in [6, 6.07) is 1.51. The molecule has 2 aliphatic heterocycles. The lowest BCUT2D eigenvalue weighted by Gasteiger charge is -2.17. The van der Waals surface area contributed by atoms with Crippen LogP contribution in [0, 0.1) is 0 Å². The summed E-state index contributed by atoms with van der Waals surface area (Å²) in [6.45, 7) is -1.15. The van der Waals surface area contributed by atoms with E-state index in [1.165, 1.54) is 12.1 Å². The van der Waals surface area contributed by atoms with Gasteiger partial charge in [0.25, 0.3) is 0 Å². The van der Waals surface area contributed by atoms with Gasteiger partial charge in [-0.05, 0) is 12.1 Å². The molecule has 0 spiro atoms. The Labute approximate surface area is 200 Å². The van der Waals surface area contributed by atoms with Crippen molar-refractivity contribution in [1.82, 2.24) is 19.1 Å². The molecular formula is C19H24N6O11. The van der Waals surface area contributed by atoms with Crippen LogP contribution in [0.4, 0.5) is 16.4 Å². The Balaban J connectivity index is 1.41. The van der Waals surface area contributed by atoms with E-state index in [0.717, 1.165) is 21.5 Å². The number of hydrogen-bond acceptors (Lipinski definition) is 13. The lowest BCUT2D eigenvalue weighted by atomic mass is 10.1. The molecule has 2 aromatic rings. The number of hydrogen-bond donors (Lipinski definition) is 8. The minimum absolute atomic E-state index is 0.194. The first-order valence-corrected chi connectivity index (χ1v) is 10.7. The molecule has 4 heterocycles. The van der Waals surface area contributed by atoms with Crippen molar-refractivity contribution in [2.75, 3.05) is 23.8 Å². The fourth-order valence-corrected chi connectivity index (χ4v) is 3.84. The molecule has 0 aliphatic carbocycles. The second-order valence-electron chi connectivity index (χ2n) is 8.04. The van der Waals surface area contributed by atoms with Crippen LogP contribution in [-0.2, 0) is 9.47 Å². The number of aliphatic hydroxyl groups is 6. The molecule has 0 bridgehead atoms. The van der Waals surface area contributed by atoms with Gasteiger partial charge in [0.2, 0.25) is 0 Å². The quantitative estimate of drug-likeness (QED) is 0.182. The van der Waals surface area contributed by atoms with E-state index in [1.807, 2.05) is 0 Å². The fraction of sp³-hybridized carbons (Fsp3) is 0.526. The van der Waals surface area contributed by atoms with Gasteiger partial charge in [-0.25, -0.2) is 14.4 Å². The van der Waals surface area contributed by atoms with Crippen LogP contribution in [0.1, 0.15) is 12.5 Å². The summed E-state index contributed by atoms with van der Waals surface area (Å²) in [5, 5.41) is 62.6. The van der Waals surface area contributed by atoms with E-state index in [2.05, 4.69) is 20.6 Å². The summed E-state index contributed by atoms with van der Waals surface area (Å²) in [4.78, 5) is 44.2. The molecule has 2 amide bonds. The average molecular weight is 512 g/mol. The third-order valence-corrected chi connectivity index (χ3v) is 5.73. The summed E-state index contributed by atoms with van der Waals surface area (Å²) in [6.07, 6.45) is -8.28. The molecule has 17 heteroatoms. The van der Waals surface area contributed by atoms with Crippen LogP contribution in [0.15, 0.2) is 34.1 Å². The van der Waals surface area contributed by atoms with E-state index in [0.29, 0.717) is 0 Å². The second-order valence-corrected chi connectivity index (χ2v) is 8.04. The highest BCUT2D eigenvalue weighted by molar-refractivity contribution is 5.98. The second kappa shape index (κ2) is 10.4. The first kappa shape index (κ1) is 25.8. The van der Waals surface area contributed by atoms with Gasteiger partial charge < -0.3 is 40.1 Å². The highest BCUT2D eigenvalue weighted by Crippen LogP contribution is 2.29. The van der Waals surface area contributed by atoms with Crippen molar-refractivity contribution < 1.29 is 44.9 Å². The predicted octanol–water partition coefficient (Wildman–Crippen LogP) is -4.33. The standard InChI is InChI=1S/C19H24N6O11/c26-5-7-11(28)13(30)15(35-7)24-3-1-9(22-18(24)33)20-17(32)21-10-2-4-25(19(34)23-10)16-14(31)12(29)8(6-27)36-16/h1-4,7-8,11-16,26-31H,5-6H2,(H2,20,21,22,23,32,33,34). The van der Waals surface area contributed by atoms with Crippen LogP contribution in [0.3, 0.4) is 0 Å². The fourth-order valence-electron chi connectivity index (χ4n) is 3.84. The van der Waals surface area contributed by atoms with Crippen molar-refractivity contribution in [1.29, 1.82) is 0 Å². The van der Waals surface area contributed by atoms with E-state index in [1.54, 1.807) is 0 Å². The summed E-state index contributed by atoms with van der Waals surface area (Å²) >= 11 is 0. The molecule has 2 aromatic heterocycles. The van der Waals surface area contributed by atoms with Gasteiger partial charge in [-0.15, -0.1) is 0 Å². The number of carbonyl (C=O) groups excluding carboxylic acids is 1. The van der Waals surface area contributed by atoms with E-state index >= 15 is 0 Å². The van der Waals surface area contributed by atoms with E-state index in [-0.39, 0.29) is 11.6 Å². The number of aliphatic hydroxyl groups excluding tert-OH is 6. The number of rotatable bonds is 6. The molecule has 0 radical (unpaired) electrons. The molecule has 8 unspecified atom stereocenters. The van der Waals surface area contributed by atoms with Crippen LogP contribution in [0.2, 0.25) is 0 Å². The zero-order valence-electron chi connectivity index (χ0n) is 18.4. The molecule has 2 aliphatic rings. The molecule has 8 atom stereocenters. The van der Waals surface area contributed by atoms with Crippen LogP contribution in [-0.4, -0.2) is 106 Å². The molecular weight excluding hydrogens is 488 g/mol. The van der Waals surface area contributed by atoms with Gasteiger partial charge >= 0.3 is 17.4 Å². The maximum atomic E-state index is 12.3. The predicted molar refractivity (Wildman–Crippen MR) is 116 cm³/mol. The SMILES string of the molecule is O=C(Nc1ccn(C2OC(CO)C(O)C2O)c(=O)n1)Nc1ccn(C2OC(CO)C(O)C2O)c(=O)n1. The van der Waals surface area contributed by atoms with Crippen molar-refractivity contribution in [3.05, 3.63) is 45.5 Å². The minimum Gasteiger partial charge on any atom is -0.394 e. The third kappa shape index (κ3) is 4.86. The Bertz CT molecular complexity index is 1130. The lowest BCUT2D eigenvalue weighted by molar-refractivity contribution is -0.0549. The largest absolute Gasteiger partial charge is 0.394 e. The number of anilines is 2. The number of amides is 2. The van der Waals surface area contributed by atoms with Crippen molar-refractivity contribution in [2.24, 2.45) is 0 Å². The summed E-state index contributed by atoms with van der Waals surface area (Å²) < 4.78 is 12.3. The first-order valence-electron chi connectivity index (χ1n) is 10.7. The average Bonchev–Trinajstić information content (AvgIpc) is 3.29. The van der Waals surface area contributed by atoms with Crippen LogP contribution >= 0.6 is 0 Å². The van der Waals surface area contributed by atoms with Crippen LogP contribution in [0.5, 0.6) is 0 Å². The molecule has 8 N–H and O–H groups in total. The molecule has 36 heavy (non-hydrogen) atoms. The van der Waals surface area contributed by atoms with Gasteiger partial charge in [-0.1, -0.05) is 0 Å². The van der Waals surface area contributed by atoms with Gasteiger partial charge in [0.1, 0.15) is 48.3 Å². The smallest absolute Gasteiger partial charge is 0.351 e. The number of nitrogens with zero attached hydrogens (tertiary/aromatic N) is 4. The molecule has 0 aromatic carbocycles. The number of ether oxygens (including phenoxy) is 2. The Morgan fingerprint density at radius 3 is 1.47 bits per heavy atom. The Kier molecular flexibility index (Phi) is 7.43. The maximum Gasteiger partial charge on any atom is 0.351 e. The topological polar surface area (TPSA) is 251 Å². The number of aromatic nitrogens is 4. The number of urea groups is 1. The lowest BCUT2D eigenvalue weighted by Crippen LogP contribution is -2.36. The third-order valence-electron chi connectivity index (χ3n) is 5.73. The number of carbonyl (C=O) groups is 1. The van der Waals surface area contributed by atoms with Crippen molar-refractivity contribution in [2.45, 2.75) is 49.1 Å². The first-order chi connectivity index (χ1) is 17.1. The zero-order valence-corrected chi connectivity index (χ0v) is 18.4. The van der Waals surface area contributed by atoms with Gasteiger partial charge in [-0.2, -0.15) is 9.97 Å². The van der Waals surface area contributed by atoms with E-state index < -0.39 is 79.7 Å². The van der Waals surface area contributed by atoms with E-state index in [4.69, 9.17) is 19.7 Å². The molecule has 196 valence electrons. The van der Waals surface area contributed by atoms with E-state index in [9.17, 15) is 34.8 Å². The zero-order chi connectivity index (χ0) is 26.1. The van der Waals surface area contributed by atoms with Crippen LogP contribution in [0.25, 0.3) is 0 Å². The Hall–Kier alpha value is -3.29. The van der Waals surface area contributed by atoms with Gasteiger partial charge in [0.15, 0.2) is 12.5 Å². The highest BCUT2D eigenvalue weighted by atomic mass is 16.6. The molecule has 0 saturated carbocycles. The molecule has 2 fully saturated rings. The van der Waals surface area contributed by atoms with Gasteiger partial charge in [-0.3, -0.25) is 19.8 Å².